The monoisotopic (exact) mass is 398 g/mol. The SMILES string of the molecule is CC(C)Sc1ncc(Cl)c(C(=O)N(Cc2ccccc2)c2ccccn2)n1. The Morgan fingerprint density at radius 2 is 1.85 bits per heavy atom. The van der Waals surface area contributed by atoms with Gasteiger partial charge in [0.05, 0.1) is 17.8 Å². The van der Waals surface area contributed by atoms with Crippen molar-refractivity contribution in [2.75, 3.05) is 4.90 Å². The van der Waals surface area contributed by atoms with Gasteiger partial charge in [0.1, 0.15) is 5.82 Å². The van der Waals surface area contributed by atoms with E-state index in [0.29, 0.717) is 22.8 Å². The van der Waals surface area contributed by atoms with Gasteiger partial charge in [-0.2, -0.15) is 0 Å². The molecule has 3 rings (SSSR count). The summed E-state index contributed by atoms with van der Waals surface area (Å²) in [7, 11) is 0. The molecule has 0 N–H and O–H groups in total. The second-order valence-electron chi connectivity index (χ2n) is 6.08. The number of halogens is 1. The molecule has 0 atom stereocenters. The first-order chi connectivity index (χ1) is 13.0. The molecule has 7 heteroatoms. The zero-order valence-electron chi connectivity index (χ0n) is 15.0. The third kappa shape index (κ3) is 5.05. The van der Waals surface area contributed by atoms with Crippen LogP contribution in [-0.4, -0.2) is 26.1 Å². The van der Waals surface area contributed by atoms with Crippen molar-refractivity contribution in [1.82, 2.24) is 15.0 Å². The van der Waals surface area contributed by atoms with E-state index in [4.69, 9.17) is 11.6 Å². The smallest absolute Gasteiger partial charge is 0.280 e. The van der Waals surface area contributed by atoms with Crippen LogP contribution in [0.2, 0.25) is 5.02 Å². The van der Waals surface area contributed by atoms with Crippen LogP contribution < -0.4 is 4.90 Å². The van der Waals surface area contributed by atoms with Crippen molar-refractivity contribution in [2.45, 2.75) is 30.8 Å². The van der Waals surface area contributed by atoms with E-state index in [-0.39, 0.29) is 16.6 Å². The number of anilines is 1. The minimum Gasteiger partial charge on any atom is -0.287 e. The van der Waals surface area contributed by atoms with Crippen molar-refractivity contribution in [2.24, 2.45) is 0 Å². The summed E-state index contributed by atoms with van der Waals surface area (Å²) in [5.74, 6) is 0.231. The molecule has 0 spiro atoms. The maximum absolute atomic E-state index is 13.3. The molecule has 2 heterocycles. The lowest BCUT2D eigenvalue weighted by Gasteiger charge is -2.22. The Hall–Kier alpha value is -2.44. The fraction of sp³-hybridized carbons (Fsp3) is 0.200. The molecule has 0 saturated carbocycles. The summed E-state index contributed by atoms with van der Waals surface area (Å²) in [6.07, 6.45) is 3.13. The lowest BCUT2D eigenvalue weighted by Crippen LogP contribution is -2.32. The molecule has 5 nitrogen and oxygen atoms in total. The quantitative estimate of drug-likeness (QED) is 0.437. The highest BCUT2D eigenvalue weighted by Gasteiger charge is 2.24. The molecular weight excluding hydrogens is 380 g/mol. The lowest BCUT2D eigenvalue weighted by atomic mass is 10.2. The largest absolute Gasteiger partial charge is 0.287 e. The number of carbonyl (C=O) groups is 1. The fourth-order valence-corrected chi connectivity index (χ4v) is 3.28. The molecule has 27 heavy (non-hydrogen) atoms. The summed E-state index contributed by atoms with van der Waals surface area (Å²) >= 11 is 7.74. The molecule has 0 aliphatic rings. The van der Waals surface area contributed by atoms with Crippen molar-refractivity contribution < 1.29 is 4.79 Å². The topological polar surface area (TPSA) is 59.0 Å². The van der Waals surface area contributed by atoms with Gasteiger partial charge in [0.2, 0.25) is 0 Å². The predicted octanol–water partition coefficient (Wildman–Crippen LogP) is 4.87. The molecule has 138 valence electrons. The highest BCUT2D eigenvalue weighted by atomic mass is 35.5. The first kappa shape index (κ1) is 19.3. The second-order valence-corrected chi connectivity index (χ2v) is 8.03. The van der Waals surface area contributed by atoms with Gasteiger partial charge in [0.25, 0.3) is 5.91 Å². The van der Waals surface area contributed by atoms with Crippen molar-refractivity contribution in [3.8, 4) is 0 Å². The van der Waals surface area contributed by atoms with Crippen LogP contribution in [0.4, 0.5) is 5.82 Å². The zero-order valence-corrected chi connectivity index (χ0v) is 16.6. The van der Waals surface area contributed by atoms with Gasteiger partial charge < -0.3 is 0 Å². The van der Waals surface area contributed by atoms with E-state index in [1.807, 2.05) is 56.3 Å². The van der Waals surface area contributed by atoms with E-state index in [1.54, 1.807) is 17.2 Å². The summed E-state index contributed by atoms with van der Waals surface area (Å²) in [5.41, 5.74) is 1.16. The van der Waals surface area contributed by atoms with Gasteiger partial charge in [-0.15, -0.1) is 0 Å². The Morgan fingerprint density at radius 3 is 2.52 bits per heavy atom. The maximum atomic E-state index is 13.3. The van der Waals surface area contributed by atoms with E-state index in [1.165, 1.54) is 18.0 Å². The van der Waals surface area contributed by atoms with E-state index in [2.05, 4.69) is 15.0 Å². The summed E-state index contributed by atoms with van der Waals surface area (Å²) in [4.78, 5) is 27.8. The summed E-state index contributed by atoms with van der Waals surface area (Å²) in [6.45, 7) is 4.45. The molecule has 2 aromatic heterocycles. The summed E-state index contributed by atoms with van der Waals surface area (Å²) in [6, 6.07) is 15.2. The number of hydrogen-bond donors (Lipinski definition) is 0. The Bertz CT molecular complexity index is 906. The summed E-state index contributed by atoms with van der Waals surface area (Å²) in [5, 5.41) is 1.05. The lowest BCUT2D eigenvalue weighted by molar-refractivity contribution is 0.0978. The first-order valence-electron chi connectivity index (χ1n) is 8.50. The van der Waals surface area contributed by atoms with E-state index in [9.17, 15) is 4.79 Å². The highest BCUT2D eigenvalue weighted by Crippen LogP contribution is 2.24. The number of hydrogen-bond acceptors (Lipinski definition) is 5. The number of aromatic nitrogens is 3. The normalized spacial score (nSPS) is 10.8. The Kier molecular flexibility index (Phi) is 6.42. The minimum absolute atomic E-state index is 0.177. The molecule has 1 amide bonds. The van der Waals surface area contributed by atoms with Crippen LogP contribution in [-0.2, 0) is 6.54 Å². The van der Waals surface area contributed by atoms with Gasteiger partial charge in [-0.05, 0) is 17.7 Å². The fourth-order valence-electron chi connectivity index (χ4n) is 2.43. The molecular formula is C20H19ClN4OS. The van der Waals surface area contributed by atoms with Crippen molar-refractivity contribution in [1.29, 1.82) is 0 Å². The number of amides is 1. The van der Waals surface area contributed by atoms with Crippen LogP contribution in [0.1, 0.15) is 29.9 Å². The number of rotatable bonds is 6. The van der Waals surface area contributed by atoms with E-state index in [0.717, 1.165) is 5.56 Å². The number of nitrogens with zero attached hydrogens (tertiary/aromatic N) is 4. The van der Waals surface area contributed by atoms with Gasteiger partial charge in [-0.25, -0.2) is 15.0 Å². The van der Waals surface area contributed by atoms with Crippen molar-refractivity contribution in [3.05, 3.63) is 77.2 Å². The average Bonchev–Trinajstić information content (AvgIpc) is 2.68. The third-order valence-corrected chi connectivity index (χ3v) is 4.78. The maximum Gasteiger partial charge on any atom is 0.280 e. The van der Waals surface area contributed by atoms with Crippen molar-refractivity contribution in [3.63, 3.8) is 0 Å². The predicted molar refractivity (Wildman–Crippen MR) is 109 cm³/mol. The number of carbonyl (C=O) groups excluding carboxylic acids is 1. The van der Waals surface area contributed by atoms with Crippen molar-refractivity contribution >= 4 is 35.1 Å². The second kappa shape index (κ2) is 8.97. The van der Waals surface area contributed by atoms with Gasteiger partial charge in [-0.1, -0.05) is 73.6 Å². The van der Waals surface area contributed by atoms with E-state index < -0.39 is 0 Å². The standard InChI is InChI=1S/C20H19ClN4OS/c1-14(2)27-20-23-12-16(21)18(24-20)19(26)25(17-10-6-7-11-22-17)13-15-8-4-3-5-9-15/h3-12,14H,13H2,1-2H3. The van der Waals surface area contributed by atoms with Crippen LogP contribution in [0.5, 0.6) is 0 Å². The number of thioether (sulfide) groups is 1. The summed E-state index contributed by atoms with van der Waals surface area (Å²) < 4.78 is 0. The molecule has 0 saturated heterocycles. The van der Waals surface area contributed by atoms with Gasteiger partial charge in [-0.3, -0.25) is 9.69 Å². The van der Waals surface area contributed by atoms with Gasteiger partial charge in [0.15, 0.2) is 10.9 Å². The van der Waals surface area contributed by atoms with Crippen LogP contribution in [0.3, 0.4) is 0 Å². The average molecular weight is 399 g/mol. The van der Waals surface area contributed by atoms with Crippen LogP contribution in [0.25, 0.3) is 0 Å². The van der Waals surface area contributed by atoms with Gasteiger partial charge >= 0.3 is 0 Å². The molecule has 0 aliphatic carbocycles. The molecule has 0 bridgehead atoms. The first-order valence-corrected chi connectivity index (χ1v) is 9.76. The molecule has 0 aliphatic heterocycles. The van der Waals surface area contributed by atoms with Crippen LogP contribution in [0.15, 0.2) is 66.1 Å². The van der Waals surface area contributed by atoms with Crippen LogP contribution >= 0.6 is 23.4 Å². The number of pyridine rings is 1. The molecule has 0 fully saturated rings. The zero-order chi connectivity index (χ0) is 19.2. The van der Waals surface area contributed by atoms with Gasteiger partial charge in [0, 0.05) is 11.4 Å². The highest BCUT2D eigenvalue weighted by molar-refractivity contribution is 7.99. The third-order valence-electron chi connectivity index (χ3n) is 3.62. The Labute approximate surface area is 167 Å². The molecule has 0 radical (unpaired) electrons. The molecule has 3 aromatic rings. The Balaban J connectivity index is 1.98. The van der Waals surface area contributed by atoms with E-state index >= 15 is 0 Å². The van der Waals surface area contributed by atoms with Crippen LogP contribution in [0, 0.1) is 0 Å². The minimum atomic E-state index is -0.310. The Morgan fingerprint density at radius 1 is 1.11 bits per heavy atom. The molecule has 1 aromatic carbocycles. The number of benzene rings is 1. The molecule has 0 unspecified atom stereocenters.